The van der Waals surface area contributed by atoms with E-state index in [9.17, 15) is 39.0 Å². The maximum absolute atomic E-state index is 13.3. The molecule has 0 aliphatic rings. The molecule has 3 rings (SSSR count). The molecule has 14 heteroatoms. The Kier molecular flexibility index (Phi) is 13.0. The molecule has 0 spiro atoms. The number of aliphatic carboxylic acids is 2. The van der Waals surface area contributed by atoms with Gasteiger partial charge in [0.05, 0.1) is 6.04 Å². The average molecular weight is 651 g/mol. The second kappa shape index (κ2) is 16.9. The van der Waals surface area contributed by atoms with Crippen molar-refractivity contribution in [3.63, 3.8) is 0 Å². The number of aromatic amines is 1. The number of carbonyl (C=O) groups is 6. The summed E-state index contributed by atoms with van der Waals surface area (Å²) in [7, 11) is 0. The Morgan fingerprint density at radius 1 is 0.745 bits per heavy atom. The Labute approximate surface area is 271 Å². The van der Waals surface area contributed by atoms with Gasteiger partial charge in [-0.25, -0.2) is 4.79 Å². The third-order valence-corrected chi connectivity index (χ3v) is 7.63. The van der Waals surface area contributed by atoms with Gasteiger partial charge < -0.3 is 42.2 Å². The summed E-state index contributed by atoms with van der Waals surface area (Å²) in [5.74, 6) is -5.97. The second-order valence-electron chi connectivity index (χ2n) is 11.7. The van der Waals surface area contributed by atoms with Crippen molar-refractivity contribution < 1.29 is 39.0 Å². The topological polar surface area (TPSA) is 233 Å². The average Bonchev–Trinajstić information content (AvgIpc) is 3.43. The van der Waals surface area contributed by atoms with Gasteiger partial charge in [-0.2, -0.15) is 0 Å². The Hall–Kier alpha value is -5.24. The molecule has 14 nitrogen and oxygen atoms in total. The van der Waals surface area contributed by atoms with Crippen LogP contribution in [0.4, 0.5) is 0 Å². The standard InChI is InChI=1S/C33H42N6O8/c1-18(2)28(32(45)38-26(33(46)47)15-20-9-5-4-6-10-20)39-31(44)25(13-14-27(40)41)37-29(42)19(3)36-30(43)23(34)16-21-17-35-24-12-8-7-11-22(21)24/h4-12,17-19,23,25-26,28,35H,13-16,34H2,1-3H3,(H,36,43)(H,37,42)(H,38,45)(H,39,44)(H,40,41)(H,46,47)/t19-,23-,25-,26-,28-/m0/s1. The molecular formula is C33H42N6O8. The highest BCUT2D eigenvalue weighted by atomic mass is 16.4. The molecule has 3 aromatic rings. The number of hydrogen-bond donors (Lipinski definition) is 8. The summed E-state index contributed by atoms with van der Waals surface area (Å²) < 4.78 is 0. The van der Waals surface area contributed by atoms with Crippen LogP contribution < -0.4 is 27.0 Å². The van der Waals surface area contributed by atoms with Gasteiger partial charge in [0.1, 0.15) is 24.2 Å². The van der Waals surface area contributed by atoms with Crippen LogP contribution in [0.1, 0.15) is 44.7 Å². The predicted octanol–water partition coefficient (Wildman–Crippen LogP) is 0.845. The van der Waals surface area contributed by atoms with E-state index in [2.05, 4.69) is 26.3 Å². The largest absolute Gasteiger partial charge is 0.481 e. The summed E-state index contributed by atoms with van der Waals surface area (Å²) >= 11 is 0. The van der Waals surface area contributed by atoms with Crippen molar-refractivity contribution in [1.29, 1.82) is 0 Å². The van der Waals surface area contributed by atoms with Crippen LogP contribution >= 0.6 is 0 Å². The van der Waals surface area contributed by atoms with Crippen LogP contribution in [-0.2, 0) is 41.6 Å². The van der Waals surface area contributed by atoms with Crippen LogP contribution in [-0.4, -0.2) is 81.0 Å². The lowest BCUT2D eigenvalue weighted by atomic mass is 10.0. The first-order valence-corrected chi connectivity index (χ1v) is 15.3. The van der Waals surface area contributed by atoms with E-state index in [-0.39, 0.29) is 19.3 Å². The number of carboxylic acids is 2. The highest BCUT2D eigenvalue weighted by Gasteiger charge is 2.32. The molecule has 9 N–H and O–H groups in total. The van der Waals surface area contributed by atoms with Crippen molar-refractivity contribution in [2.75, 3.05) is 0 Å². The molecule has 1 aromatic heterocycles. The number of aromatic nitrogens is 1. The summed E-state index contributed by atoms with van der Waals surface area (Å²) in [6.45, 7) is 4.67. The molecule has 0 saturated carbocycles. The molecule has 0 saturated heterocycles. The van der Waals surface area contributed by atoms with E-state index in [1.807, 2.05) is 24.3 Å². The molecule has 0 unspecified atom stereocenters. The first-order valence-electron chi connectivity index (χ1n) is 15.3. The minimum Gasteiger partial charge on any atom is -0.481 e. The van der Waals surface area contributed by atoms with Crippen molar-refractivity contribution in [1.82, 2.24) is 26.3 Å². The maximum atomic E-state index is 13.3. The van der Waals surface area contributed by atoms with Crippen LogP contribution in [0, 0.1) is 5.92 Å². The quantitative estimate of drug-likeness (QED) is 0.103. The molecule has 0 aliphatic heterocycles. The lowest BCUT2D eigenvalue weighted by Crippen LogP contribution is -2.59. The molecule has 1 heterocycles. The van der Waals surface area contributed by atoms with Crippen molar-refractivity contribution in [2.24, 2.45) is 11.7 Å². The van der Waals surface area contributed by atoms with Crippen LogP contribution in [0.15, 0.2) is 60.8 Å². The maximum Gasteiger partial charge on any atom is 0.326 e. The molecule has 252 valence electrons. The van der Waals surface area contributed by atoms with Gasteiger partial charge in [0, 0.05) is 29.9 Å². The van der Waals surface area contributed by atoms with E-state index in [1.54, 1.807) is 50.4 Å². The van der Waals surface area contributed by atoms with Crippen LogP contribution in [0.25, 0.3) is 10.9 Å². The van der Waals surface area contributed by atoms with Crippen LogP contribution in [0.5, 0.6) is 0 Å². The fourth-order valence-electron chi connectivity index (χ4n) is 4.95. The number of nitrogens with one attached hydrogen (secondary N) is 5. The normalized spacial score (nSPS) is 14.3. The smallest absolute Gasteiger partial charge is 0.326 e. The Morgan fingerprint density at radius 3 is 2.02 bits per heavy atom. The third kappa shape index (κ3) is 10.7. The molecule has 47 heavy (non-hydrogen) atoms. The van der Waals surface area contributed by atoms with Crippen molar-refractivity contribution in [3.8, 4) is 0 Å². The van der Waals surface area contributed by atoms with Gasteiger partial charge in [0.25, 0.3) is 0 Å². The number of benzene rings is 2. The molecule has 0 radical (unpaired) electrons. The zero-order chi connectivity index (χ0) is 34.7. The summed E-state index contributed by atoms with van der Waals surface area (Å²) in [5.41, 5.74) is 8.52. The Balaban J connectivity index is 1.64. The Morgan fingerprint density at radius 2 is 1.38 bits per heavy atom. The minimum atomic E-state index is -1.38. The zero-order valence-corrected chi connectivity index (χ0v) is 26.5. The number of rotatable bonds is 17. The first kappa shape index (κ1) is 36.2. The number of amides is 4. The summed E-state index contributed by atoms with van der Waals surface area (Å²) in [4.78, 5) is 78.7. The van der Waals surface area contributed by atoms with Gasteiger partial charge in [-0.3, -0.25) is 24.0 Å². The number of nitrogens with two attached hydrogens (primary N) is 1. The number of carboxylic acid groups (broad SMARTS) is 2. The van der Waals surface area contributed by atoms with Gasteiger partial charge in [-0.05, 0) is 42.9 Å². The van der Waals surface area contributed by atoms with E-state index in [0.29, 0.717) is 5.56 Å². The van der Waals surface area contributed by atoms with Gasteiger partial charge in [-0.15, -0.1) is 0 Å². The fourth-order valence-corrected chi connectivity index (χ4v) is 4.95. The molecule has 2 aromatic carbocycles. The highest BCUT2D eigenvalue weighted by molar-refractivity contribution is 5.95. The number of hydrogen-bond acceptors (Lipinski definition) is 7. The monoisotopic (exact) mass is 650 g/mol. The second-order valence-corrected chi connectivity index (χ2v) is 11.7. The van der Waals surface area contributed by atoms with Gasteiger partial charge in [0.15, 0.2) is 0 Å². The molecule has 0 bridgehead atoms. The van der Waals surface area contributed by atoms with E-state index in [0.717, 1.165) is 16.5 Å². The SMILES string of the molecule is CC(C)[C@H](NC(=O)[C@H](CCC(=O)O)NC(=O)[C@H](C)NC(=O)[C@@H](N)Cc1c[nH]c2ccccc12)C(=O)N[C@@H](Cc1ccccc1)C(=O)O. The van der Waals surface area contributed by atoms with E-state index < -0.39 is 78.1 Å². The van der Waals surface area contributed by atoms with E-state index in [1.165, 1.54) is 6.92 Å². The van der Waals surface area contributed by atoms with Crippen LogP contribution in [0.3, 0.4) is 0 Å². The lowest BCUT2D eigenvalue weighted by molar-refractivity contribution is -0.142. The number of H-pyrrole nitrogens is 1. The fraction of sp³-hybridized carbons (Fsp3) is 0.394. The first-order chi connectivity index (χ1) is 22.3. The number of para-hydroxylation sites is 1. The lowest BCUT2D eigenvalue weighted by Gasteiger charge is -2.27. The molecule has 4 amide bonds. The molecule has 5 atom stereocenters. The minimum absolute atomic E-state index is 0.00696. The highest BCUT2D eigenvalue weighted by Crippen LogP contribution is 2.19. The summed E-state index contributed by atoms with van der Waals surface area (Å²) in [6.07, 6.45) is 1.17. The Bertz CT molecular complexity index is 1570. The number of fused-ring (bicyclic) bond motifs is 1. The summed E-state index contributed by atoms with van der Waals surface area (Å²) in [5, 5.41) is 29.8. The molecule has 0 aliphatic carbocycles. The van der Waals surface area contributed by atoms with E-state index in [4.69, 9.17) is 5.73 Å². The van der Waals surface area contributed by atoms with Crippen molar-refractivity contribution >= 4 is 46.5 Å². The van der Waals surface area contributed by atoms with Crippen molar-refractivity contribution in [2.45, 2.75) is 76.7 Å². The number of carbonyl (C=O) groups excluding carboxylic acids is 4. The van der Waals surface area contributed by atoms with Gasteiger partial charge >= 0.3 is 11.9 Å². The third-order valence-electron chi connectivity index (χ3n) is 7.63. The molecular weight excluding hydrogens is 608 g/mol. The van der Waals surface area contributed by atoms with E-state index >= 15 is 0 Å². The zero-order valence-electron chi connectivity index (χ0n) is 26.5. The summed E-state index contributed by atoms with van der Waals surface area (Å²) in [6, 6.07) is 10.2. The van der Waals surface area contributed by atoms with Gasteiger partial charge in [-0.1, -0.05) is 62.4 Å². The van der Waals surface area contributed by atoms with Crippen molar-refractivity contribution in [3.05, 3.63) is 71.9 Å². The van der Waals surface area contributed by atoms with Gasteiger partial charge in [0.2, 0.25) is 23.6 Å². The predicted molar refractivity (Wildman–Crippen MR) is 173 cm³/mol. The molecule has 0 fully saturated rings. The van der Waals surface area contributed by atoms with Crippen LogP contribution in [0.2, 0.25) is 0 Å².